The first-order valence-electron chi connectivity index (χ1n) is 6.83. The number of hydrogen-bond acceptors (Lipinski definition) is 1. The van der Waals surface area contributed by atoms with Gasteiger partial charge in [0.2, 0.25) is 0 Å². The minimum absolute atomic E-state index is 0.573. The van der Waals surface area contributed by atoms with E-state index in [-0.39, 0.29) is 0 Å². The van der Waals surface area contributed by atoms with Crippen LogP contribution >= 0.6 is 0 Å². The highest BCUT2D eigenvalue weighted by atomic mass is 15.2. The SMILES string of the molecule is CCN1c2ccccc2C2Cc3ccccc3C21. The normalized spacial score (nSPS) is 23.7. The topological polar surface area (TPSA) is 3.24 Å². The summed E-state index contributed by atoms with van der Waals surface area (Å²) in [6, 6.07) is 18.5. The van der Waals surface area contributed by atoms with Gasteiger partial charge in [-0.25, -0.2) is 0 Å². The number of anilines is 1. The van der Waals surface area contributed by atoms with Crippen LogP contribution in [0.4, 0.5) is 5.69 Å². The third-order valence-corrected chi connectivity index (χ3v) is 4.52. The van der Waals surface area contributed by atoms with E-state index in [1.165, 1.54) is 12.1 Å². The first kappa shape index (κ1) is 10.2. The van der Waals surface area contributed by atoms with Crippen LogP contribution in [-0.4, -0.2) is 6.54 Å². The van der Waals surface area contributed by atoms with Crippen LogP contribution in [0.15, 0.2) is 48.5 Å². The van der Waals surface area contributed by atoms with Crippen molar-refractivity contribution < 1.29 is 0 Å². The fraction of sp³-hybridized carbons (Fsp3) is 0.294. The summed E-state index contributed by atoms with van der Waals surface area (Å²) >= 11 is 0. The number of nitrogens with zero attached hydrogens (tertiary/aromatic N) is 1. The average Bonchev–Trinajstić information content (AvgIpc) is 2.93. The Balaban J connectivity index is 1.90. The highest BCUT2D eigenvalue weighted by Crippen LogP contribution is 2.54. The Morgan fingerprint density at radius 2 is 1.72 bits per heavy atom. The first-order chi connectivity index (χ1) is 8.90. The van der Waals surface area contributed by atoms with E-state index < -0.39 is 0 Å². The van der Waals surface area contributed by atoms with Crippen molar-refractivity contribution in [1.29, 1.82) is 0 Å². The van der Waals surface area contributed by atoms with Crippen molar-refractivity contribution in [3.8, 4) is 0 Å². The quantitative estimate of drug-likeness (QED) is 0.724. The standard InChI is InChI=1S/C17H17N/c1-2-18-16-10-6-5-9-14(16)15-11-12-7-3-4-8-13(12)17(15)18/h3-10,15,17H,2,11H2,1H3. The van der Waals surface area contributed by atoms with Crippen LogP contribution in [0.2, 0.25) is 0 Å². The molecule has 2 aliphatic rings. The summed E-state index contributed by atoms with van der Waals surface area (Å²) in [5.74, 6) is 0.665. The fourth-order valence-corrected chi connectivity index (χ4v) is 3.82. The second-order valence-corrected chi connectivity index (χ2v) is 5.30. The van der Waals surface area contributed by atoms with E-state index >= 15 is 0 Å². The number of para-hydroxylation sites is 1. The molecule has 0 radical (unpaired) electrons. The molecule has 2 unspecified atom stereocenters. The molecule has 90 valence electrons. The minimum atomic E-state index is 0.573. The molecule has 0 bridgehead atoms. The van der Waals surface area contributed by atoms with Crippen LogP contribution in [0.1, 0.15) is 35.6 Å². The second-order valence-electron chi connectivity index (χ2n) is 5.30. The van der Waals surface area contributed by atoms with Gasteiger partial charge in [-0.3, -0.25) is 0 Å². The van der Waals surface area contributed by atoms with E-state index in [0.717, 1.165) is 6.54 Å². The Labute approximate surface area is 108 Å². The molecular formula is C17H17N. The van der Waals surface area contributed by atoms with E-state index in [0.29, 0.717) is 12.0 Å². The van der Waals surface area contributed by atoms with Gasteiger partial charge in [0.15, 0.2) is 0 Å². The first-order valence-corrected chi connectivity index (χ1v) is 6.83. The molecule has 2 aromatic carbocycles. The summed E-state index contributed by atoms with van der Waals surface area (Å²) in [6.45, 7) is 3.35. The molecule has 1 heteroatoms. The minimum Gasteiger partial charge on any atom is -0.364 e. The molecule has 0 saturated carbocycles. The van der Waals surface area contributed by atoms with Gasteiger partial charge < -0.3 is 4.90 Å². The lowest BCUT2D eigenvalue weighted by Gasteiger charge is -2.26. The Morgan fingerprint density at radius 3 is 2.56 bits per heavy atom. The van der Waals surface area contributed by atoms with Crippen LogP contribution in [0, 0.1) is 0 Å². The van der Waals surface area contributed by atoms with Gasteiger partial charge in [-0.15, -0.1) is 0 Å². The molecule has 18 heavy (non-hydrogen) atoms. The van der Waals surface area contributed by atoms with Crippen LogP contribution in [0.5, 0.6) is 0 Å². The molecule has 4 rings (SSSR count). The molecule has 1 nitrogen and oxygen atoms in total. The highest BCUT2D eigenvalue weighted by Gasteiger charge is 2.43. The summed E-state index contributed by atoms with van der Waals surface area (Å²) in [5.41, 5.74) is 6.08. The van der Waals surface area contributed by atoms with E-state index in [9.17, 15) is 0 Å². The van der Waals surface area contributed by atoms with Gasteiger partial charge in [0.25, 0.3) is 0 Å². The zero-order chi connectivity index (χ0) is 12.1. The van der Waals surface area contributed by atoms with Gasteiger partial charge in [0.1, 0.15) is 0 Å². The van der Waals surface area contributed by atoms with Crippen LogP contribution in [0.25, 0.3) is 0 Å². The Bertz CT molecular complexity index is 600. The lowest BCUT2D eigenvalue weighted by atomic mass is 9.96. The maximum Gasteiger partial charge on any atom is 0.0617 e. The van der Waals surface area contributed by atoms with E-state index in [2.05, 4.69) is 60.4 Å². The molecule has 1 aliphatic heterocycles. The summed E-state index contributed by atoms with van der Waals surface area (Å²) in [6.07, 6.45) is 1.20. The zero-order valence-electron chi connectivity index (χ0n) is 10.6. The summed E-state index contributed by atoms with van der Waals surface area (Å²) in [7, 11) is 0. The average molecular weight is 235 g/mol. The van der Waals surface area contributed by atoms with Crippen molar-refractivity contribution in [2.75, 3.05) is 11.4 Å². The fourth-order valence-electron chi connectivity index (χ4n) is 3.82. The number of hydrogen-bond donors (Lipinski definition) is 0. The number of rotatable bonds is 1. The van der Waals surface area contributed by atoms with Gasteiger partial charge in [-0.2, -0.15) is 0 Å². The van der Waals surface area contributed by atoms with Gasteiger partial charge in [-0.1, -0.05) is 42.5 Å². The third kappa shape index (κ3) is 1.17. The highest BCUT2D eigenvalue weighted by molar-refractivity contribution is 5.66. The molecule has 0 N–H and O–H groups in total. The Morgan fingerprint density at radius 1 is 1.00 bits per heavy atom. The molecule has 0 saturated heterocycles. The largest absolute Gasteiger partial charge is 0.364 e. The lowest BCUT2D eigenvalue weighted by Crippen LogP contribution is -2.24. The third-order valence-electron chi connectivity index (χ3n) is 4.52. The van der Waals surface area contributed by atoms with E-state index in [4.69, 9.17) is 0 Å². The van der Waals surface area contributed by atoms with Crippen LogP contribution in [0.3, 0.4) is 0 Å². The van der Waals surface area contributed by atoms with Crippen molar-refractivity contribution >= 4 is 5.69 Å². The zero-order valence-corrected chi connectivity index (χ0v) is 10.6. The molecule has 1 aliphatic carbocycles. The second kappa shape index (κ2) is 3.61. The Kier molecular flexibility index (Phi) is 2.05. The van der Waals surface area contributed by atoms with Crippen molar-refractivity contribution in [2.45, 2.75) is 25.3 Å². The van der Waals surface area contributed by atoms with Gasteiger partial charge in [0, 0.05) is 18.2 Å². The van der Waals surface area contributed by atoms with Crippen LogP contribution in [-0.2, 0) is 6.42 Å². The Hall–Kier alpha value is -1.76. The maximum atomic E-state index is 2.58. The molecule has 1 heterocycles. The molecule has 2 atom stereocenters. The number of likely N-dealkylation sites (N-methyl/N-ethyl adjacent to an activating group) is 1. The van der Waals surface area contributed by atoms with Crippen molar-refractivity contribution in [3.05, 3.63) is 65.2 Å². The van der Waals surface area contributed by atoms with Gasteiger partial charge >= 0.3 is 0 Å². The molecule has 0 spiro atoms. The molecular weight excluding hydrogens is 218 g/mol. The van der Waals surface area contributed by atoms with E-state index in [1.807, 2.05) is 0 Å². The summed E-state index contributed by atoms with van der Waals surface area (Å²) in [4.78, 5) is 2.58. The van der Waals surface area contributed by atoms with Crippen LogP contribution < -0.4 is 4.90 Å². The van der Waals surface area contributed by atoms with Crippen molar-refractivity contribution in [1.82, 2.24) is 0 Å². The van der Waals surface area contributed by atoms with Gasteiger partial charge in [0.05, 0.1) is 6.04 Å². The van der Waals surface area contributed by atoms with Gasteiger partial charge in [-0.05, 0) is 36.1 Å². The smallest absolute Gasteiger partial charge is 0.0617 e. The lowest BCUT2D eigenvalue weighted by molar-refractivity contribution is 0.596. The van der Waals surface area contributed by atoms with E-state index in [1.54, 1.807) is 16.7 Å². The number of fused-ring (bicyclic) bond motifs is 5. The maximum absolute atomic E-state index is 2.58. The molecule has 0 fully saturated rings. The van der Waals surface area contributed by atoms with Crippen molar-refractivity contribution in [2.24, 2.45) is 0 Å². The molecule has 0 amide bonds. The number of benzene rings is 2. The van der Waals surface area contributed by atoms with Crippen molar-refractivity contribution in [3.63, 3.8) is 0 Å². The summed E-state index contributed by atoms with van der Waals surface area (Å²) < 4.78 is 0. The predicted octanol–water partition coefficient (Wildman–Crippen LogP) is 3.91. The molecule has 2 aromatic rings. The summed E-state index contributed by atoms with van der Waals surface area (Å²) in [5, 5.41) is 0. The molecule has 0 aromatic heterocycles. The predicted molar refractivity (Wildman–Crippen MR) is 75.1 cm³/mol. The monoisotopic (exact) mass is 235 g/mol.